The lowest BCUT2D eigenvalue weighted by atomic mass is 10.2. The molecule has 0 aliphatic carbocycles. The van der Waals surface area contributed by atoms with Gasteiger partial charge < -0.3 is 15.4 Å². The van der Waals surface area contributed by atoms with E-state index in [-0.39, 0.29) is 0 Å². The van der Waals surface area contributed by atoms with Gasteiger partial charge in [0.2, 0.25) is 0 Å². The Kier molecular flexibility index (Phi) is 3.84. The molecule has 0 amide bonds. The minimum Gasteiger partial charge on any atom is -0.495 e. The van der Waals surface area contributed by atoms with Crippen molar-refractivity contribution in [2.24, 2.45) is 0 Å². The van der Waals surface area contributed by atoms with Gasteiger partial charge in [0.15, 0.2) is 0 Å². The summed E-state index contributed by atoms with van der Waals surface area (Å²) >= 11 is 0. The van der Waals surface area contributed by atoms with E-state index < -0.39 is 0 Å². The van der Waals surface area contributed by atoms with Gasteiger partial charge in [-0.2, -0.15) is 5.26 Å². The summed E-state index contributed by atoms with van der Waals surface area (Å²) in [5.41, 5.74) is 1.32. The van der Waals surface area contributed by atoms with Crippen molar-refractivity contribution in [3.8, 4) is 11.8 Å². The molecule has 0 fully saturated rings. The zero-order chi connectivity index (χ0) is 13.7. The molecule has 0 aliphatic rings. The number of benzene rings is 1. The molecule has 1 heterocycles. The average Bonchev–Trinajstić information content (AvgIpc) is 2.48. The van der Waals surface area contributed by atoms with E-state index in [0.717, 1.165) is 11.5 Å². The van der Waals surface area contributed by atoms with Gasteiger partial charge in [0.05, 0.1) is 24.4 Å². The van der Waals surface area contributed by atoms with Gasteiger partial charge in [0.1, 0.15) is 17.4 Å². The zero-order valence-electron chi connectivity index (χ0n) is 10.8. The molecule has 1 aromatic carbocycles. The Balaban J connectivity index is 2.30. The lowest BCUT2D eigenvalue weighted by Gasteiger charge is -2.11. The summed E-state index contributed by atoms with van der Waals surface area (Å²) in [5, 5.41) is 15.0. The molecular formula is C14H14N4O. The summed E-state index contributed by atoms with van der Waals surface area (Å²) in [6.45, 7) is 0. The lowest BCUT2D eigenvalue weighted by molar-refractivity contribution is 0.416. The van der Waals surface area contributed by atoms with Gasteiger partial charge in [-0.1, -0.05) is 6.07 Å². The van der Waals surface area contributed by atoms with Crippen molar-refractivity contribution in [3.05, 3.63) is 42.0 Å². The largest absolute Gasteiger partial charge is 0.495 e. The Morgan fingerprint density at radius 2 is 2.00 bits per heavy atom. The third kappa shape index (κ3) is 2.93. The Hall–Kier alpha value is -2.74. The smallest absolute Gasteiger partial charge is 0.143 e. The van der Waals surface area contributed by atoms with E-state index >= 15 is 0 Å². The molecule has 0 unspecified atom stereocenters. The fourth-order valence-electron chi connectivity index (χ4n) is 1.65. The summed E-state index contributed by atoms with van der Waals surface area (Å²) in [6, 6.07) is 12.9. The molecule has 0 bridgehead atoms. The normalized spacial score (nSPS) is 9.53. The molecule has 0 radical (unpaired) electrons. The SMILES string of the molecule is CNc1cccc(Nc2ccc(C#N)cc2OC)n1. The number of aromatic nitrogens is 1. The maximum Gasteiger partial charge on any atom is 0.143 e. The number of hydrogen-bond donors (Lipinski definition) is 2. The summed E-state index contributed by atoms with van der Waals surface area (Å²) in [6.07, 6.45) is 0. The van der Waals surface area contributed by atoms with Crippen LogP contribution < -0.4 is 15.4 Å². The van der Waals surface area contributed by atoms with Crippen molar-refractivity contribution in [1.82, 2.24) is 4.98 Å². The second kappa shape index (κ2) is 5.74. The summed E-state index contributed by atoms with van der Waals surface area (Å²) in [4.78, 5) is 4.36. The molecule has 0 spiro atoms. The van der Waals surface area contributed by atoms with Gasteiger partial charge in [-0.25, -0.2) is 4.98 Å². The van der Waals surface area contributed by atoms with Crippen molar-refractivity contribution in [2.45, 2.75) is 0 Å². The molecule has 5 heteroatoms. The van der Waals surface area contributed by atoms with Gasteiger partial charge >= 0.3 is 0 Å². The van der Waals surface area contributed by atoms with Crippen LogP contribution in [0.15, 0.2) is 36.4 Å². The van der Waals surface area contributed by atoms with Crippen molar-refractivity contribution < 1.29 is 4.74 Å². The number of nitrogens with one attached hydrogen (secondary N) is 2. The highest BCUT2D eigenvalue weighted by atomic mass is 16.5. The molecular weight excluding hydrogens is 240 g/mol. The van der Waals surface area contributed by atoms with E-state index in [0.29, 0.717) is 17.1 Å². The number of methoxy groups -OCH3 is 1. The molecule has 5 nitrogen and oxygen atoms in total. The van der Waals surface area contributed by atoms with Gasteiger partial charge in [-0.05, 0) is 24.3 Å². The van der Waals surface area contributed by atoms with Crippen molar-refractivity contribution in [2.75, 3.05) is 24.8 Å². The van der Waals surface area contributed by atoms with Crippen LogP contribution in [0.25, 0.3) is 0 Å². The standard InChI is InChI=1S/C14H14N4O/c1-16-13-4-3-5-14(18-13)17-11-7-6-10(9-15)8-12(11)19-2/h3-8H,1-2H3,(H2,16,17,18). The highest BCUT2D eigenvalue weighted by Gasteiger charge is 2.05. The van der Waals surface area contributed by atoms with Crippen LogP contribution >= 0.6 is 0 Å². The van der Waals surface area contributed by atoms with Crippen LogP contribution in [0.2, 0.25) is 0 Å². The van der Waals surface area contributed by atoms with E-state index in [1.165, 1.54) is 0 Å². The Bertz CT molecular complexity index is 619. The van der Waals surface area contributed by atoms with Crippen molar-refractivity contribution in [1.29, 1.82) is 5.26 Å². The summed E-state index contributed by atoms with van der Waals surface area (Å²) in [5.74, 6) is 2.09. The minimum atomic E-state index is 0.555. The fourth-order valence-corrected chi connectivity index (χ4v) is 1.65. The Morgan fingerprint density at radius 3 is 2.68 bits per heavy atom. The second-order valence-corrected chi connectivity index (χ2v) is 3.81. The van der Waals surface area contributed by atoms with Crippen LogP contribution in [0.5, 0.6) is 5.75 Å². The maximum atomic E-state index is 8.86. The predicted octanol–water partition coefficient (Wildman–Crippen LogP) is 2.75. The minimum absolute atomic E-state index is 0.555. The van der Waals surface area contributed by atoms with Gasteiger partial charge in [0.25, 0.3) is 0 Å². The van der Waals surface area contributed by atoms with Crippen LogP contribution in [0, 0.1) is 11.3 Å². The Morgan fingerprint density at radius 1 is 1.21 bits per heavy atom. The molecule has 2 rings (SSSR count). The monoisotopic (exact) mass is 254 g/mol. The summed E-state index contributed by atoms with van der Waals surface area (Å²) in [7, 11) is 3.38. The van der Waals surface area contributed by atoms with Crippen molar-refractivity contribution >= 4 is 17.3 Å². The van der Waals surface area contributed by atoms with Crippen LogP contribution in [-0.2, 0) is 0 Å². The van der Waals surface area contributed by atoms with Crippen LogP contribution in [0.3, 0.4) is 0 Å². The van der Waals surface area contributed by atoms with E-state index in [1.807, 2.05) is 25.2 Å². The number of ether oxygens (including phenoxy) is 1. The van der Waals surface area contributed by atoms with Crippen LogP contribution in [-0.4, -0.2) is 19.1 Å². The molecule has 0 saturated heterocycles. The predicted molar refractivity (Wildman–Crippen MR) is 74.8 cm³/mol. The highest BCUT2D eigenvalue weighted by Crippen LogP contribution is 2.28. The first kappa shape index (κ1) is 12.7. The first-order valence-electron chi connectivity index (χ1n) is 5.77. The number of nitrogens with zero attached hydrogens (tertiary/aromatic N) is 2. The molecule has 2 aromatic rings. The lowest BCUT2D eigenvalue weighted by Crippen LogP contribution is -1.99. The fraction of sp³-hybridized carbons (Fsp3) is 0.143. The van der Waals surface area contributed by atoms with E-state index in [2.05, 4.69) is 21.7 Å². The van der Waals surface area contributed by atoms with E-state index in [4.69, 9.17) is 10.00 Å². The second-order valence-electron chi connectivity index (χ2n) is 3.81. The zero-order valence-corrected chi connectivity index (χ0v) is 10.8. The molecule has 2 N–H and O–H groups in total. The number of hydrogen-bond acceptors (Lipinski definition) is 5. The summed E-state index contributed by atoms with van der Waals surface area (Å²) < 4.78 is 5.26. The molecule has 19 heavy (non-hydrogen) atoms. The molecule has 0 aliphatic heterocycles. The first-order chi connectivity index (χ1) is 9.26. The molecule has 96 valence electrons. The number of pyridine rings is 1. The third-order valence-corrected chi connectivity index (χ3v) is 2.60. The van der Waals surface area contributed by atoms with Crippen molar-refractivity contribution in [3.63, 3.8) is 0 Å². The van der Waals surface area contributed by atoms with Crippen LogP contribution in [0.4, 0.5) is 17.3 Å². The van der Waals surface area contributed by atoms with Gasteiger partial charge in [-0.3, -0.25) is 0 Å². The third-order valence-electron chi connectivity index (χ3n) is 2.60. The highest BCUT2D eigenvalue weighted by molar-refractivity contribution is 5.66. The van der Waals surface area contributed by atoms with E-state index in [9.17, 15) is 0 Å². The number of nitriles is 1. The molecule has 1 aromatic heterocycles. The average molecular weight is 254 g/mol. The maximum absolute atomic E-state index is 8.86. The molecule has 0 atom stereocenters. The quantitative estimate of drug-likeness (QED) is 0.878. The Labute approximate surface area is 111 Å². The topological polar surface area (TPSA) is 70.0 Å². The van der Waals surface area contributed by atoms with Crippen LogP contribution in [0.1, 0.15) is 5.56 Å². The molecule has 0 saturated carbocycles. The van der Waals surface area contributed by atoms with E-state index in [1.54, 1.807) is 25.3 Å². The van der Waals surface area contributed by atoms with Gasteiger partial charge in [-0.15, -0.1) is 0 Å². The van der Waals surface area contributed by atoms with Gasteiger partial charge in [0, 0.05) is 13.1 Å². The first-order valence-corrected chi connectivity index (χ1v) is 5.77. The number of rotatable bonds is 4. The number of anilines is 3.